The maximum Gasteiger partial charge on any atom is 0.238 e. The predicted octanol–water partition coefficient (Wildman–Crippen LogP) is 2.88. The fourth-order valence-electron chi connectivity index (χ4n) is 2.31. The lowest BCUT2D eigenvalue weighted by Crippen LogP contribution is -2.39. The second-order valence-electron chi connectivity index (χ2n) is 4.47. The summed E-state index contributed by atoms with van der Waals surface area (Å²) in [5, 5.41) is 12.2. The first kappa shape index (κ1) is 14.1. The number of amides is 1. The van der Waals surface area contributed by atoms with E-state index >= 15 is 0 Å². The van der Waals surface area contributed by atoms with E-state index in [1.807, 2.05) is 11.4 Å². The highest BCUT2D eigenvalue weighted by Gasteiger charge is 2.31. The van der Waals surface area contributed by atoms with Gasteiger partial charge in [-0.1, -0.05) is 11.6 Å². The van der Waals surface area contributed by atoms with Crippen LogP contribution in [0.5, 0.6) is 0 Å². The van der Waals surface area contributed by atoms with Crippen LogP contribution in [0.3, 0.4) is 0 Å². The van der Waals surface area contributed by atoms with Crippen molar-refractivity contribution in [1.29, 1.82) is 0 Å². The van der Waals surface area contributed by atoms with Gasteiger partial charge in [0.15, 0.2) is 0 Å². The zero-order valence-corrected chi connectivity index (χ0v) is 12.1. The monoisotopic (exact) mass is 307 g/mol. The summed E-state index contributed by atoms with van der Waals surface area (Å²) >= 11 is 13.2. The molecule has 1 amide bonds. The summed E-state index contributed by atoms with van der Waals surface area (Å²) < 4.78 is 0. The molecule has 1 aromatic heterocycles. The summed E-state index contributed by atoms with van der Waals surface area (Å²) in [4.78, 5) is 14.6. The molecule has 0 bridgehead atoms. The summed E-state index contributed by atoms with van der Waals surface area (Å²) in [6.45, 7) is 0.486. The molecule has 1 heterocycles. The molecule has 1 saturated carbocycles. The number of hydrogen-bond acceptors (Lipinski definition) is 3. The number of rotatable bonds is 4. The van der Waals surface area contributed by atoms with Crippen LogP contribution in [0.15, 0.2) is 11.4 Å². The molecule has 1 aliphatic rings. The van der Waals surface area contributed by atoms with Crippen LogP contribution in [0.4, 0.5) is 0 Å². The first-order valence-electron chi connectivity index (χ1n) is 5.87. The zero-order chi connectivity index (χ0) is 13.1. The molecule has 1 aromatic rings. The van der Waals surface area contributed by atoms with Crippen LogP contribution in [-0.4, -0.2) is 33.9 Å². The fourth-order valence-corrected chi connectivity index (χ4v) is 3.56. The highest BCUT2D eigenvalue weighted by Crippen LogP contribution is 2.29. The lowest BCUT2D eigenvalue weighted by molar-refractivity contribution is -0.131. The first-order chi connectivity index (χ1) is 8.61. The lowest BCUT2D eigenvalue weighted by Gasteiger charge is -2.28. The van der Waals surface area contributed by atoms with Crippen molar-refractivity contribution >= 4 is 40.4 Å². The molecule has 0 aromatic carbocycles. The van der Waals surface area contributed by atoms with Gasteiger partial charge in [-0.15, -0.1) is 22.9 Å². The van der Waals surface area contributed by atoms with Crippen molar-refractivity contribution in [3.8, 4) is 0 Å². The Kier molecular flexibility index (Phi) is 4.90. The van der Waals surface area contributed by atoms with Gasteiger partial charge < -0.3 is 10.0 Å². The Bertz CT molecular complexity index is 424. The van der Waals surface area contributed by atoms with Crippen LogP contribution in [0.1, 0.15) is 24.1 Å². The van der Waals surface area contributed by atoms with E-state index in [0.717, 1.165) is 17.7 Å². The Morgan fingerprint density at radius 3 is 2.83 bits per heavy atom. The molecule has 1 N–H and O–H groups in total. The molecule has 2 atom stereocenters. The second-order valence-corrected chi connectivity index (χ2v) is 6.14. The maximum absolute atomic E-state index is 11.9. The highest BCUT2D eigenvalue weighted by atomic mass is 35.5. The number of halogens is 2. The average molecular weight is 308 g/mol. The van der Waals surface area contributed by atoms with E-state index in [-0.39, 0.29) is 23.9 Å². The van der Waals surface area contributed by atoms with Gasteiger partial charge in [0.05, 0.1) is 17.7 Å². The first-order valence-corrected chi connectivity index (χ1v) is 7.66. The normalized spacial score (nSPS) is 23.3. The molecule has 0 radical (unpaired) electrons. The maximum atomic E-state index is 11.9. The molecule has 1 aliphatic carbocycles. The van der Waals surface area contributed by atoms with Gasteiger partial charge in [-0.05, 0) is 30.7 Å². The van der Waals surface area contributed by atoms with Gasteiger partial charge in [0.25, 0.3) is 0 Å². The zero-order valence-electron chi connectivity index (χ0n) is 9.81. The largest absolute Gasteiger partial charge is 0.393 e. The van der Waals surface area contributed by atoms with Crippen molar-refractivity contribution in [1.82, 2.24) is 4.90 Å². The Labute approximate surface area is 120 Å². The highest BCUT2D eigenvalue weighted by molar-refractivity contribution is 7.10. The van der Waals surface area contributed by atoms with Gasteiger partial charge in [-0.2, -0.15) is 0 Å². The number of carbonyl (C=O) groups excluding carboxylic acids is 1. The van der Waals surface area contributed by atoms with Crippen molar-refractivity contribution in [2.75, 3.05) is 5.88 Å². The number of aliphatic hydroxyl groups excluding tert-OH is 1. The summed E-state index contributed by atoms with van der Waals surface area (Å²) in [5.74, 6) is -0.129. The smallest absolute Gasteiger partial charge is 0.238 e. The van der Waals surface area contributed by atoms with E-state index in [1.54, 1.807) is 4.90 Å². The third kappa shape index (κ3) is 3.18. The molecule has 3 nitrogen and oxygen atoms in total. The SMILES string of the molecule is O=C(CCl)N(Cc1sccc1Cl)[C@H]1CC[C@@H](O)C1. The second kappa shape index (κ2) is 6.24. The molecule has 6 heteroatoms. The summed E-state index contributed by atoms with van der Waals surface area (Å²) in [6.07, 6.45) is 1.90. The molecule has 0 unspecified atom stereocenters. The van der Waals surface area contributed by atoms with E-state index in [9.17, 15) is 9.90 Å². The van der Waals surface area contributed by atoms with Gasteiger partial charge in [0.1, 0.15) is 5.88 Å². The number of alkyl halides is 1. The number of carbonyl (C=O) groups is 1. The van der Waals surface area contributed by atoms with Crippen LogP contribution < -0.4 is 0 Å². The molecule has 2 rings (SSSR count). The Balaban J connectivity index is 2.11. The summed E-state index contributed by atoms with van der Waals surface area (Å²) in [6, 6.07) is 1.90. The molecule has 0 spiro atoms. The third-order valence-corrected chi connectivity index (χ3v) is 4.86. The van der Waals surface area contributed by atoms with Crippen molar-refractivity contribution in [2.45, 2.75) is 38.0 Å². The topological polar surface area (TPSA) is 40.5 Å². The third-order valence-electron chi connectivity index (χ3n) is 3.26. The average Bonchev–Trinajstić information content (AvgIpc) is 2.94. The van der Waals surface area contributed by atoms with Gasteiger partial charge in [0.2, 0.25) is 5.91 Å². The van der Waals surface area contributed by atoms with Crippen LogP contribution in [0, 0.1) is 0 Å². The van der Waals surface area contributed by atoms with Crippen LogP contribution in [0.25, 0.3) is 0 Å². The van der Waals surface area contributed by atoms with Crippen molar-refractivity contribution in [2.24, 2.45) is 0 Å². The van der Waals surface area contributed by atoms with E-state index < -0.39 is 0 Å². The minimum Gasteiger partial charge on any atom is -0.393 e. The lowest BCUT2D eigenvalue weighted by atomic mass is 10.2. The molecule has 0 aliphatic heterocycles. The van der Waals surface area contributed by atoms with Gasteiger partial charge in [-0.3, -0.25) is 4.79 Å². The molecule has 18 heavy (non-hydrogen) atoms. The summed E-state index contributed by atoms with van der Waals surface area (Å²) in [7, 11) is 0. The van der Waals surface area contributed by atoms with E-state index in [1.165, 1.54) is 11.3 Å². The number of aliphatic hydroxyl groups is 1. The molecule has 0 saturated heterocycles. The van der Waals surface area contributed by atoms with E-state index in [0.29, 0.717) is 18.0 Å². The minimum absolute atomic E-state index is 0.0322. The quantitative estimate of drug-likeness (QED) is 0.869. The minimum atomic E-state index is -0.306. The predicted molar refractivity (Wildman–Crippen MR) is 74.2 cm³/mol. The molecule has 100 valence electrons. The number of thiophene rings is 1. The Morgan fingerprint density at radius 2 is 2.33 bits per heavy atom. The Morgan fingerprint density at radius 1 is 1.56 bits per heavy atom. The Hall–Kier alpha value is -0.290. The molecular weight excluding hydrogens is 293 g/mol. The number of nitrogens with zero attached hydrogens (tertiary/aromatic N) is 1. The molecule has 1 fully saturated rings. The van der Waals surface area contributed by atoms with Gasteiger partial charge in [-0.25, -0.2) is 0 Å². The van der Waals surface area contributed by atoms with Crippen molar-refractivity contribution in [3.05, 3.63) is 21.3 Å². The van der Waals surface area contributed by atoms with Gasteiger partial charge >= 0.3 is 0 Å². The van der Waals surface area contributed by atoms with Crippen LogP contribution >= 0.6 is 34.5 Å². The van der Waals surface area contributed by atoms with E-state index in [4.69, 9.17) is 23.2 Å². The summed E-state index contributed by atoms with van der Waals surface area (Å²) in [5.41, 5.74) is 0. The van der Waals surface area contributed by atoms with Crippen molar-refractivity contribution < 1.29 is 9.90 Å². The molecular formula is C12H15Cl2NO2S. The fraction of sp³-hybridized carbons (Fsp3) is 0.583. The van der Waals surface area contributed by atoms with Gasteiger partial charge in [0, 0.05) is 10.9 Å². The van der Waals surface area contributed by atoms with Crippen molar-refractivity contribution in [3.63, 3.8) is 0 Å². The number of hydrogen-bond donors (Lipinski definition) is 1. The standard InChI is InChI=1S/C12H15Cl2NO2S/c13-6-12(17)15(8-1-2-9(16)5-8)7-11-10(14)3-4-18-11/h3-4,8-9,16H,1-2,5-7H2/t8-,9+/m0/s1. The van der Waals surface area contributed by atoms with Crippen LogP contribution in [-0.2, 0) is 11.3 Å². The van der Waals surface area contributed by atoms with E-state index in [2.05, 4.69) is 0 Å². The van der Waals surface area contributed by atoms with Crippen LogP contribution in [0.2, 0.25) is 5.02 Å².